The highest BCUT2D eigenvalue weighted by atomic mass is 32.2. The third-order valence-electron chi connectivity index (χ3n) is 3.95. The predicted molar refractivity (Wildman–Crippen MR) is 76.5 cm³/mol. The Kier molecular flexibility index (Phi) is 4.07. The van der Waals surface area contributed by atoms with Gasteiger partial charge in [0.1, 0.15) is 0 Å². The largest absolute Gasteiger partial charge is 0.377 e. The van der Waals surface area contributed by atoms with Gasteiger partial charge in [-0.05, 0) is 30.4 Å². The molecule has 110 valence electrons. The van der Waals surface area contributed by atoms with Gasteiger partial charge in [0, 0.05) is 26.2 Å². The number of fused-ring (bicyclic) bond motifs is 1. The van der Waals surface area contributed by atoms with Gasteiger partial charge < -0.3 is 4.74 Å². The van der Waals surface area contributed by atoms with E-state index < -0.39 is 10.2 Å². The first-order valence-corrected chi connectivity index (χ1v) is 8.52. The molecule has 0 aliphatic carbocycles. The summed E-state index contributed by atoms with van der Waals surface area (Å²) in [5, 5.41) is 0. The second-order valence-electron chi connectivity index (χ2n) is 5.34. The average molecular weight is 296 g/mol. The van der Waals surface area contributed by atoms with Crippen molar-refractivity contribution in [2.24, 2.45) is 0 Å². The van der Waals surface area contributed by atoms with Crippen molar-refractivity contribution >= 4 is 10.2 Å². The number of rotatable bonds is 4. The molecule has 5 nitrogen and oxygen atoms in total. The molecule has 0 aromatic heterocycles. The van der Waals surface area contributed by atoms with Crippen LogP contribution in [0, 0.1) is 0 Å². The average Bonchev–Trinajstić information content (AvgIpc) is 2.98. The summed E-state index contributed by atoms with van der Waals surface area (Å²) in [7, 11) is -3.41. The molecule has 1 saturated heterocycles. The van der Waals surface area contributed by atoms with Crippen LogP contribution in [0.3, 0.4) is 0 Å². The molecule has 0 bridgehead atoms. The summed E-state index contributed by atoms with van der Waals surface area (Å²) in [5.74, 6) is 0. The Hall–Kier alpha value is -0.950. The van der Waals surface area contributed by atoms with Crippen LogP contribution in [0.4, 0.5) is 0 Å². The summed E-state index contributed by atoms with van der Waals surface area (Å²) in [6.45, 7) is 2.11. The Morgan fingerprint density at radius 1 is 1.30 bits per heavy atom. The molecule has 0 amide bonds. The minimum absolute atomic E-state index is 0.0295. The normalized spacial score (nSPS) is 23.7. The van der Waals surface area contributed by atoms with Crippen LogP contribution in [-0.2, 0) is 27.9 Å². The number of hydrogen-bond acceptors (Lipinski definition) is 3. The lowest BCUT2D eigenvalue weighted by Gasteiger charge is -2.28. The van der Waals surface area contributed by atoms with E-state index in [2.05, 4.69) is 10.8 Å². The first kappa shape index (κ1) is 14.0. The van der Waals surface area contributed by atoms with Crippen LogP contribution in [0.5, 0.6) is 0 Å². The van der Waals surface area contributed by atoms with Gasteiger partial charge in [-0.15, -0.1) is 0 Å². The molecule has 20 heavy (non-hydrogen) atoms. The van der Waals surface area contributed by atoms with Crippen molar-refractivity contribution in [3.63, 3.8) is 0 Å². The van der Waals surface area contributed by atoms with Crippen molar-refractivity contribution in [1.29, 1.82) is 0 Å². The van der Waals surface area contributed by atoms with Crippen molar-refractivity contribution in [3.05, 3.63) is 35.4 Å². The molecule has 1 aromatic carbocycles. The molecule has 1 unspecified atom stereocenters. The summed E-state index contributed by atoms with van der Waals surface area (Å²) in [6, 6.07) is 8.02. The fourth-order valence-corrected chi connectivity index (χ4v) is 3.99. The van der Waals surface area contributed by atoms with Crippen LogP contribution in [0.15, 0.2) is 24.3 Å². The van der Waals surface area contributed by atoms with Crippen LogP contribution in [0.25, 0.3) is 0 Å². The van der Waals surface area contributed by atoms with E-state index in [9.17, 15) is 8.42 Å². The zero-order valence-electron chi connectivity index (χ0n) is 11.4. The monoisotopic (exact) mass is 296 g/mol. The van der Waals surface area contributed by atoms with Gasteiger partial charge in [0.25, 0.3) is 10.2 Å². The highest BCUT2D eigenvalue weighted by Crippen LogP contribution is 2.20. The summed E-state index contributed by atoms with van der Waals surface area (Å²) >= 11 is 0. The standard InChI is InChI=1S/C14H20N2O3S/c17-20(18,15-10-14-6-3-9-19-14)16-8-7-12-4-1-2-5-13(12)11-16/h1-2,4-5,14-15H,3,6-11H2. The van der Waals surface area contributed by atoms with Crippen molar-refractivity contribution in [1.82, 2.24) is 9.03 Å². The van der Waals surface area contributed by atoms with Gasteiger partial charge in [0.05, 0.1) is 6.10 Å². The number of benzene rings is 1. The lowest BCUT2D eigenvalue weighted by Crippen LogP contribution is -2.45. The third kappa shape index (κ3) is 3.03. The minimum Gasteiger partial charge on any atom is -0.377 e. The molecule has 1 fully saturated rings. The summed E-state index contributed by atoms with van der Waals surface area (Å²) in [6.07, 6.45) is 2.76. The molecule has 1 N–H and O–H groups in total. The zero-order valence-corrected chi connectivity index (χ0v) is 12.2. The lowest BCUT2D eigenvalue weighted by molar-refractivity contribution is 0.114. The van der Waals surface area contributed by atoms with E-state index in [1.165, 1.54) is 9.87 Å². The number of nitrogens with one attached hydrogen (secondary N) is 1. The first-order valence-electron chi connectivity index (χ1n) is 7.08. The second-order valence-corrected chi connectivity index (χ2v) is 7.10. The van der Waals surface area contributed by atoms with Gasteiger partial charge >= 0.3 is 0 Å². The van der Waals surface area contributed by atoms with Gasteiger partial charge in [0.15, 0.2) is 0 Å². The molecule has 0 saturated carbocycles. The smallest absolute Gasteiger partial charge is 0.279 e. The predicted octanol–water partition coefficient (Wildman–Crippen LogP) is 1.06. The Labute approximate surface area is 120 Å². The first-order chi connectivity index (χ1) is 9.65. The van der Waals surface area contributed by atoms with E-state index in [0.29, 0.717) is 19.6 Å². The topological polar surface area (TPSA) is 58.6 Å². The van der Waals surface area contributed by atoms with Crippen LogP contribution >= 0.6 is 0 Å². The molecule has 2 aliphatic heterocycles. The summed E-state index contributed by atoms with van der Waals surface area (Å²) < 4.78 is 34.3. The molecule has 0 radical (unpaired) electrons. The SMILES string of the molecule is O=S(=O)(NCC1CCCO1)N1CCc2ccccc2C1. The Bertz CT molecular complexity index is 568. The minimum atomic E-state index is -3.41. The van der Waals surface area contributed by atoms with Crippen LogP contribution in [0.2, 0.25) is 0 Å². The maximum absolute atomic E-state index is 12.3. The van der Waals surface area contributed by atoms with E-state index in [4.69, 9.17) is 4.74 Å². The van der Waals surface area contributed by atoms with E-state index in [1.54, 1.807) is 0 Å². The van der Waals surface area contributed by atoms with Crippen molar-refractivity contribution < 1.29 is 13.2 Å². The maximum atomic E-state index is 12.3. The van der Waals surface area contributed by atoms with E-state index >= 15 is 0 Å². The van der Waals surface area contributed by atoms with Crippen molar-refractivity contribution in [2.45, 2.75) is 31.9 Å². The van der Waals surface area contributed by atoms with Gasteiger partial charge in [0.2, 0.25) is 0 Å². The van der Waals surface area contributed by atoms with E-state index in [-0.39, 0.29) is 6.10 Å². The molecule has 3 rings (SSSR count). The summed E-state index contributed by atoms with van der Waals surface area (Å²) in [4.78, 5) is 0. The summed E-state index contributed by atoms with van der Waals surface area (Å²) in [5.41, 5.74) is 2.35. The van der Waals surface area contributed by atoms with Gasteiger partial charge in [-0.1, -0.05) is 24.3 Å². The van der Waals surface area contributed by atoms with Gasteiger partial charge in [-0.3, -0.25) is 0 Å². The number of hydrogen-bond donors (Lipinski definition) is 1. The number of ether oxygens (including phenoxy) is 1. The maximum Gasteiger partial charge on any atom is 0.279 e. The highest BCUT2D eigenvalue weighted by molar-refractivity contribution is 7.87. The second kappa shape index (κ2) is 5.81. The molecule has 2 heterocycles. The third-order valence-corrected chi connectivity index (χ3v) is 5.48. The fraction of sp³-hybridized carbons (Fsp3) is 0.571. The van der Waals surface area contributed by atoms with Crippen LogP contribution in [-0.4, -0.2) is 38.5 Å². The molecular formula is C14H20N2O3S. The molecule has 0 spiro atoms. The van der Waals surface area contributed by atoms with Crippen LogP contribution in [0.1, 0.15) is 24.0 Å². The quantitative estimate of drug-likeness (QED) is 0.904. The van der Waals surface area contributed by atoms with Gasteiger partial charge in [-0.25, -0.2) is 0 Å². The van der Waals surface area contributed by atoms with Crippen LogP contribution < -0.4 is 4.72 Å². The Morgan fingerprint density at radius 3 is 2.85 bits per heavy atom. The van der Waals surface area contributed by atoms with E-state index in [0.717, 1.165) is 31.4 Å². The molecule has 1 atom stereocenters. The molecule has 6 heteroatoms. The molecule has 2 aliphatic rings. The fourth-order valence-electron chi connectivity index (χ4n) is 2.77. The number of nitrogens with zero attached hydrogens (tertiary/aromatic N) is 1. The van der Waals surface area contributed by atoms with Crippen molar-refractivity contribution in [2.75, 3.05) is 19.7 Å². The van der Waals surface area contributed by atoms with Crippen molar-refractivity contribution in [3.8, 4) is 0 Å². The molecule has 1 aromatic rings. The zero-order chi connectivity index (χ0) is 14.0. The Morgan fingerprint density at radius 2 is 2.10 bits per heavy atom. The van der Waals surface area contributed by atoms with E-state index in [1.807, 2.05) is 18.2 Å². The lowest BCUT2D eigenvalue weighted by atomic mass is 10.0. The highest BCUT2D eigenvalue weighted by Gasteiger charge is 2.27. The van der Waals surface area contributed by atoms with Gasteiger partial charge in [-0.2, -0.15) is 17.4 Å². The Balaban J connectivity index is 1.63. The molecular weight excluding hydrogens is 276 g/mol.